The molecule has 0 saturated carbocycles. The van der Waals surface area contributed by atoms with Gasteiger partial charge in [0.1, 0.15) is 5.82 Å². The first-order valence-electron chi connectivity index (χ1n) is 5.32. The van der Waals surface area contributed by atoms with Gasteiger partial charge in [-0.2, -0.15) is 0 Å². The Bertz CT molecular complexity index is 297. The maximum atomic E-state index is 12.9. The molecule has 1 unspecified atom stereocenters. The predicted molar refractivity (Wildman–Crippen MR) is 63.0 cm³/mol. The predicted octanol–water partition coefficient (Wildman–Crippen LogP) is 2.93. The summed E-state index contributed by atoms with van der Waals surface area (Å²) in [4.78, 5) is 0. The van der Waals surface area contributed by atoms with Gasteiger partial charge in [-0.05, 0) is 49.9 Å². The second kappa shape index (κ2) is 6.09. The Morgan fingerprint density at radius 3 is 2.93 bits per heavy atom. The smallest absolute Gasteiger partial charge is 0.123 e. The first-order valence-corrected chi connectivity index (χ1v) is 5.32. The van der Waals surface area contributed by atoms with Crippen molar-refractivity contribution in [1.29, 1.82) is 0 Å². The van der Waals surface area contributed by atoms with Crippen molar-refractivity contribution in [3.05, 3.63) is 35.6 Å². The summed E-state index contributed by atoms with van der Waals surface area (Å²) < 4.78 is 12.9. The Kier molecular flexibility index (Phi) is 5.06. The SMILES string of the molecule is Cl.Fc1cccc(CCC2CCCN2)c1. The summed E-state index contributed by atoms with van der Waals surface area (Å²) in [5.41, 5.74) is 1.11. The van der Waals surface area contributed by atoms with Crippen LogP contribution >= 0.6 is 12.4 Å². The minimum Gasteiger partial charge on any atom is -0.314 e. The highest BCUT2D eigenvalue weighted by Gasteiger charge is 2.13. The van der Waals surface area contributed by atoms with Crippen molar-refractivity contribution in [3.8, 4) is 0 Å². The van der Waals surface area contributed by atoms with Gasteiger partial charge in [0.25, 0.3) is 0 Å². The molecule has 1 aromatic rings. The van der Waals surface area contributed by atoms with Gasteiger partial charge in [-0.1, -0.05) is 12.1 Å². The third-order valence-corrected chi connectivity index (χ3v) is 2.83. The molecule has 1 fully saturated rings. The van der Waals surface area contributed by atoms with Gasteiger partial charge in [-0.25, -0.2) is 4.39 Å². The zero-order valence-corrected chi connectivity index (χ0v) is 9.52. The molecule has 0 aromatic heterocycles. The molecule has 0 radical (unpaired) electrons. The molecule has 0 aliphatic carbocycles. The first kappa shape index (κ1) is 12.5. The molecule has 2 rings (SSSR count). The van der Waals surface area contributed by atoms with Crippen LogP contribution in [0.3, 0.4) is 0 Å². The maximum Gasteiger partial charge on any atom is 0.123 e. The van der Waals surface area contributed by atoms with E-state index in [9.17, 15) is 4.39 Å². The molecule has 0 bridgehead atoms. The first-order chi connectivity index (χ1) is 6.84. The minimum absolute atomic E-state index is 0. The van der Waals surface area contributed by atoms with Crippen LogP contribution in [0.1, 0.15) is 24.8 Å². The highest BCUT2D eigenvalue weighted by Crippen LogP contribution is 2.13. The number of halogens is 2. The highest BCUT2D eigenvalue weighted by atomic mass is 35.5. The number of rotatable bonds is 3. The van der Waals surface area contributed by atoms with E-state index in [2.05, 4.69) is 5.32 Å². The fourth-order valence-corrected chi connectivity index (χ4v) is 2.04. The minimum atomic E-state index is -0.123. The van der Waals surface area contributed by atoms with Gasteiger partial charge in [-0.15, -0.1) is 12.4 Å². The van der Waals surface area contributed by atoms with Crippen molar-refractivity contribution in [2.45, 2.75) is 31.7 Å². The molecular weight excluding hydrogens is 213 g/mol. The highest BCUT2D eigenvalue weighted by molar-refractivity contribution is 5.85. The van der Waals surface area contributed by atoms with Crippen molar-refractivity contribution in [3.63, 3.8) is 0 Å². The van der Waals surface area contributed by atoms with Crippen LogP contribution in [0.5, 0.6) is 0 Å². The van der Waals surface area contributed by atoms with E-state index >= 15 is 0 Å². The van der Waals surface area contributed by atoms with Crippen LogP contribution in [-0.2, 0) is 6.42 Å². The molecule has 0 spiro atoms. The molecule has 1 atom stereocenters. The summed E-state index contributed by atoms with van der Waals surface area (Å²) in [6.07, 6.45) is 4.67. The number of nitrogens with one attached hydrogen (secondary N) is 1. The Morgan fingerprint density at radius 1 is 1.40 bits per heavy atom. The fourth-order valence-electron chi connectivity index (χ4n) is 2.04. The van der Waals surface area contributed by atoms with Crippen LogP contribution in [0.15, 0.2) is 24.3 Å². The van der Waals surface area contributed by atoms with Crippen molar-refractivity contribution in [1.82, 2.24) is 5.32 Å². The van der Waals surface area contributed by atoms with E-state index in [-0.39, 0.29) is 18.2 Å². The molecule has 1 nitrogen and oxygen atoms in total. The maximum absolute atomic E-state index is 12.9. The van der Waals surface area contributed by atoms with E-state index in [0.29, 0.717) is 6.04 Å². The largest absolute Gasteiger partial charge is 0.314 e. The number of hydrogen-bond acceptors (Lipinski definition) is 1. The normalized spacial score (nSPS) is 19.9. The monoisotopic (exact) mass is 229 g/mol. The summed E-state index contributed by atoms with van der Waals surface area (Å²) in [5, 5.41) is 3.45. The van der Waals surface area contributed by atoms with Gasteiger partial charge >= 0.3 is 0 Å². The number of aryl methyl sites for hydroxylation is 1. The van der Waals surface area contributed by atoms with Gasteiger partial charge in [0, 0.05) is 6.04 Å². The quantitative estimate of drug-likeness (QED) is 0.841. The lowest BCUT2D eigenvalue weighted by Crippen LogP contribution is -2.21. The van der Waals surface area contributed by atoms with E-state index in [1.54, 1.807) is 12.1 Å². The Morgan fingerprint density at radius 2 is 2.27 bits per heavy atom. The number of hydrogen-bond donors (Lipinski definition) is 1. The van der Waals surface area contributed by atoms with Gasteiger partial charge in [0.15, 0.2) is 0 Å². The van der Waals surface area contributed by atoms with Crippen LogP contribution in [0.4, 0.5) is 4.39 Å². The topological polar surface area (TPSA) is 12.0 Å². The molecule has 0 amide bonds. The van der Waals surface area contributed by atoms with E-state index in [1.807, 2.05) is 6.07 Å². The summed E-state index contributed by atoms with van der Waals surface area (Å²) >= 11 is 0. The van der Waals surface area contributed by atoms with E-state index < -0.39 is 0 Å². The van der Waals surface area contributed by atoms with E-state index in [4.69, 9.17) is 0 Å². The van der Waals surface area contributed by atoms with Crippen LogP contribution in [0.25, 0.3) is 0 Å². The standard InChI is InChI=1S/C12H16FN.ClH/c13-11-4-1-3-10(9-11)6-7-12-5-2-8-14-12;/h1,3-4,9,12,14H,2,5-8H2;1H. The molecule has 15 heavy (non-hydrogen) atoms. The molecule has 84 valence electrons. The fraction of sp³-hybridized carbons (Fsp3) is 0.500. The summed E-state index contributed by atoms with van der Waals surface area (Å²) in [6, 6.07) is 7.56. The van der Waals surface area contributed by atoms with Crippen molar-refractivity contribution >= 4 is 12.4 Å². The molecule has 1 aromatic carbocycles. The van der Waals surface area contributed by atoms with Crippen molar-refractivity contribution in [2.75, 3.05) is 6.54 Å². The van der Waals surface area contributed by atoms with Gasteiger partial charge in [0.2, 0.25) is 0 Å². The van der Waals surface area contributed by atoms with Crippen molar-refractivity contribution in [2.24, 2.45) is 0 Å². The Labute approximate surface area is 96.5 Å². The summed E-state index contributed by atoms with van der Waals surface area (Å²) in [7, 11) is 0. The third-order valence-electron chi connectivity index (χ3n) is 2.83. The van der Waals surface area contributed by atoms with E-state index in [1.165, 1.54) is 18.9 Å². The molecule has 1 saturated heterocycles. The molecular formula is C12H17ClFN. The second-order valence-electron chi connectivity index (χ2n) is 3.96. The van der Waals surface area contributed by atoms with Crippen molar-refractivity contribution < 1.29 is 4.39 Å². The van der Waals surface area contributed by atoms with Crippen LogP contribution in [0, 0.1) is 5.82 Å². The lowest BCUT2D eigenvalue weighted by Gasteiger charge is -2.09. The molecule has 1 N–H and O–H groups in total. The zero-order valence-electron chi connectivity index (χ0n) is 8.71. The van der Waals surface area contributed by atoms with E-state index in [0.717, 1.165) is 24.9 Å². The lowest BCUT2D eigenvalue weighted by molar-refractivity contribution is 0.557. The lowest BCUT2D eigenvalue weighted by atomic mass is 10.0. The van der Waals surface area contributed by atoms with Crippen LogP contribution < -0.4 is 5.32 Å². The van der Waals surface area contributed by atoms with Gasteiger partial charge in [-0.3, -0.25) is 0 Å². The average molecular weight is 230 g/mol. The van der Waals surface area contributed by atoms with Gasteiger partial charge < -0.3 is 5.32 Å². The molecule has 3 heteroatoms. The zero-order chi connectivity index (χ0) is 9.80. The summed E-state index contributed by atoms with van der Waals surface area (Å²) in [6.45, 7) is 1.15. The molecule has 1 aliphatic heterocycles. The van der Waals surface area contributed by atoms with Gasteiger partial charge in [0.05, 0.1) is 0 Å². The molecule has 1 aliphatic rings. The summed E-state index contributed by atoms with van der Waals surface area (Å²) in [5.74, 6) is -0.123. The number of benzene rings is 1. The van der Waals surface area contributed by atoms with Crippen LogP contribution in [0.2, 0.25) is 0 Å². The second-order valence-corrected chi connectivity index (χ2v) is 3.96. The average Bonchev–Trinajstić information content (AvgIpc) is 2.67. The molecule has 1 heterocycles. The Hall–Kier alpha value is -0.600. The Balaban J connectivity index is 0.00000112. The van der Waals surface area contributed by atoms with Crippen LogP contribution in [-0.4, -0.2) is 12.6 Å². The third kappa shape index (κ3) is 3.80.